The van der Waals surface area contributed by atoms with Crippen LogP contribution in [0, 0.1) is 0 Å². The van der Waals surface area contributed by atoms with Gasteiger partial charge in [0.15, 0.2) is 0 Å². The average molecular weight is 380 g/mol. The normalized spacial score (nSPS) is 17.2. The molecule has 1 fully saturated rings. The minimum Gasteiger partial charge on any atom is -0.508 e. The molecule has 0 radical (unpaired) electrons. The van der Waals surface area contributed by atoms with E-state index in [9.17, 15) is 15.0 Å². The van der Waals surface area contributed by atoms with Crippen molar-refractivity contribution in [1.82, 2.24) is 10.2 Å². The zero-order chi connectivity index (χ0) is 19.8. The van der Waals surface area contributed by atoms with E-state index in [1.165, 1.54) is 22.8 Å². The van der Waals surface area contributed by atoms with E-state index in [0.717, 1.165) is 25.9 Å². The Hall–Kier alpha value is -2.53. The van der Waals surface area contributed by atoms with Crippen molar-refractivity contribution in [2.75, 3.05) is 13.1 Å². The molecule has 28 heavy (non-hydrogen) atoms. The van der Waals surface area contributed by atoms with Crippen LogP contribution in [0.5, 0.6) is 11.5 Å². The summed E-state index contributed by atoms with van der Waals surface area (Å²) < 4.78 is 0. The molecule has 2 aliphatic heterocycles. The summed E-state index contributed by atoms with van der Waals surface area (Å²) in [5, 5.41) is 23.7. The summed E-state index contributed by atoms with van der Waals surface area (Å²) in [7, 11) is 0. The standard InChI is InChI=1S/C23H28N2O3/c1-14(2)19-10-20(22(27)11-21(19)26)23(28)25-12-17-4-3-16(9-18(17)13-25)15-5-7-24-8-6-15/h3-4,9-11,14-15,24,26-27H,5-8,12-13H2,1-2H3. The third-order valence-electron chi connectivity index (χ3n) is 6.05. The summed E-state index contributed by atoms with van der Waals surface area (Å²) in [5.74, 6) is 0.319. The van der Waals surface area contributed by atoms with Crippen molar-refractivity contribution in [2.24, 2.45) is 0 Å². The SMILES string of the molecule is CC(C)c1cc(C(=O)N2Cc3ccc(C4CCNCC4)cc3C2)c(O)cc1O. The summed E-state index contributed by atoms with van der Waals surface area (Å²) in [4.78, 5) is 14.9. The van der Waals surface area contributed by atoms with Crippen molar-refractivity contribution >= 4 is 5.91 Å². The molecule has 2 aromatic carbocycles. The first-order chi connectivity index (χ1) is 13.4. The number of carbonyl (C=O) groups is 1. The molecule has 0 atom stereocenters. The number of benzene rings is 2. The second kappa shape index (κ2) is 7.47. The number of nitrogens with one attached hydrogen (secondary N) is 1. The van der Waals surface area contributed by atoms with Crippen LogP contribution in [0.15, 0.2) is 30.3 Å². The van der Waals surface area contributed by atoms with Gasteiger partial charge >= 0.3 is 0 Å². The molecule has 0 bridgehead atoms. The quantitative estimate of drug-likeness (QED) is 0.756. The number of nitrogens with zero attached hydrogens (tertiary/aromatic N) is 1. The first-order valence-corrected chi connectivity index (χ1v) is 10.1. The Bertz CT molecular complexity index is 901. The second-order valence-corrected chi connectivity index (χ2v) is 8.30. The molecule has 1 amide bonds. The lowest BCUT2D eigenvalue weighted by Gasteiger charge is -2.23. The van der Waals surface area contributed by atoms with Gasteiger partial charge < -0.3 is 20.4 Å². The fourth-order valence-electron chi connectivity index (χ4n) is 4.37. The maximum atomic E-state index is 13.1. The van der Waals surface area contributed by atoms with E-state index in [4.69, 9.17) is 0 Å². The summed E-state index contributed by atoms with van der Waals surface area (Å²) in [6, 6.07) is 9.52. The molecule has 0 aliphatic carbocycles. The Morgan fingerprint density at radius 2 is 1.75 bits per heavy atom. The molecule has 5 heteroatoms. The summed E-state index contributed by atoms with van der Waals surface area (Å²) >= 11 is 0. The number of phenols is 2. The number of carbonyl (C=O) groups excluding carboxylic acids is 1. The number of hydrogen-bond acceptors (Lipinski definition) is 4. The van der Waals surface area contributed by atoms with E-state index in [-0.39, 0.29) is 28.9 Å². The number of phenolic OH excluding ortho intramolecular Hbond substituents is 2. The highest BCUT2D eigenvalue weighted by Gasteiger charge is 2.28. The second-order valence-electron chi connectivity index (χ2n) is 8.30. The molecule has 0 unspecified atom stereocenters. The van der Waals surface area contributed by atoms with E-state index in [1.807, 2.05) is 13.8 Å². The van der Waals surface area contributed by atoms with Crippen LogP contribution in [0.4, 0.5) is 0 Å². The predicted octanol–water partition coefficient (Wildman–Crippen LogP) is 3.84. The van der Waals surface area contributed by atoms with Gasteiger partial charge in [0.05, 0.1) is 5.56 Å². The summed E-state index contributed by atoms with van der Waals surface area (Å²) in [6.45, 7) is 7.14. The van der Waals surface area contributed by atoms with E-state index >= 15 is 0 Å². The Labute approximate surface area is 166 Å². The van der Waals surface area contributed by atoms with Crippen LogP contribution in [0.25, 0.3) is 0 Å². The highest BCUT2D eigenvalue weighted by molar-refractivity contribution is 5.97. The number of fused-ring (bicyclic) bond motifs is 1. The van der Waals surface area contributed by atoms with Crippen molar-refractivity contribution in [3.05, 3.63) is 58.1 Å². The van der Waals surface area contributed by atoms with Gasteiger partial charge in [0.25, 0.3) is 5.91 Å². The molecule has 1 saturated heterocycles. The van der Waals surface area contributed by atoms with Gasteiger partial charge in [-0.05, 0) is 66.1 Å². The van der Waals surface area contributed by atoms with E-state index in [0.29, 0.717) is 24.6 Å². The maximum absolute atomic E-state index is 13.1. The first kappa shape index (κ1) is 18.8. The number of amides is 1. The van der Waals surface area contributed by atoms with E-state index in [1.54, 1.807) is 11.0 Å². The number of piperidine rings is 1. The highest BCUT2D eigenvalue weighted by atomic mass is 16.3. The van der Waals surface area contributed by atoms with Crippen molar-refractivity contribution in [1.29, 1.82) is 0 Å². The van der Waals surface area contributed by atoms with Crippen LogP contribution in [0.3, 0.4) is 0 Å². The Morgan fingerprint density at radius 1 is 1.04 bits per heavy atom. The third kappa shape index (κ3) is 3.47. The van der Waals surface area contributed by atoms with Gasteiger partial charge in [-0.3, -0.25) is 4.79 Å². The smallest absolute Gasteiger partial charge is 0.258 e. The van der Waals surface area contributed by atoms with Gasteiger partial charge in [-0.1, -0.05) is 32.0 Å². The Morgan fingerprint density at radius 3 is 2.46 bits per heavy atom. The molecular weight excluding hydrogens is 352 g/mol. The molecule has 0 saturated carbocycles. The van der Waals surface area contributed by atoms with Crippen molar-refractivity contribution in [2.45, 2.75) is 51.6 Å². The van der Waals surface area contributed by atoms with E-state index < -0.39 is 0 Å². The maximum Gasteiger partial charge on any atom is 0.258 e. The van der Waals surface area contributed by atoms with Crippen molar-refractivity contribution in [3.8, 4) is 11.5 Å². The number of hydrogen-bond donors (Lipinski definition) is 3. The number of aromatic hydroxyl groups is 2. The summed E-state index contributed by atoms with van der Waals surface area (Å²) in [5.41, 5.74) is 4.67. The molecule has 0 spiro atoms. The van der Waals surface area contributed by atoms with Crippen molar-refractivity contribution < 1.29 is 15.0 Å². The largest absolute Gasteiger partial charge is 0.508 e. The van der Waals surface area contributed by atoms with Gasteiger partial charge in [0, 0.05) is 19.2 Å². The molecule has 4 rings (SSSR count). The molecule has 5 nitrogen and oxygen atoms in total. The third-order valence-corrected chi connectivity index (χ3v) is 6.05. The van der Waals surface area contributed by atoms with Crippen LogP contribution in [-0.4, -0.2) is 34.1 Å². The van der Waals surface area contributed by atoms with Gasteiger partial charge in [0.2, 0.25) is 0 Å². The monoisotopic (exact) mass is 380 g/mol. The molecule has 2 aliphatic rings. The van der Waals surface area contributed by atoms with Crippen LogP contribution >= 0.6 is 0 Å². The van der Waals surface area contributed by atoms with Crippen LogP contribution in [0.2, 0.25) is 0 Å². The number of rotatable bonds is 3. The summed E-state index contributed by atoms with van der Waals surface area (Å²) in [6.07, 6.45) is 2.31. The minimum absolute atomic E-state index is 0.0281. The average Bonchev–Trinajstić information content (AvgIpc) is 3.11. The van der Waals surface area contributed by atoms with Crippen LogP contribution in [-0.2, 0) is 13.1 Å². The van der Waals surface area contributed by atoms with E-state index in [2.05, 4.69) is 23.5 Å². The zero-order valence-corrected chi connectivity index (χ0v) is 16.5. The highest BCUT2D eigenvalue weighted by Crippen LogP contribution is 2.35. The van der Waals surface area contributed by atoms with Gasteiger partial charge in [-0.2, -0.15) is 0 Å². The van der Waals surface area contributed by atoms with Crippen molar-refractivity contribution in [3.63, 3.8) is 0 Å². The fraction of sp³-hybridized carbons (Fsp3) is 0.435. The molecule has 148 valence electrons. The topological polar surface area (TPSA) is 72.8 Å². The predicted molar refractivity (Wildman–Crippen MR) is 109 cm³/mol. The Kier molecular flexibility index (Phi) is 5.02. The molecule has 3 N–H and O–H groups in total. The lowest BCUT2D eigenvalue weighted by atomic mass is 9.88. The molecule has 0 aromatic heterocycles. The Balaban J connectivity index is 1.56. The van der Waals surface area contributed by atoms with Crippen LogP contribution < -0.4 is 5.32 Å². The first-order valence-electron chi connectivity index (χ1n) is 10.1. The van der Waals surface area contributed by atoms with Gasteiger partial charge in [0.1, 0.15) is 11.5 Å². The van der Waals surface area contributed by atoms with Crippen LogP contribution in [0.1, 0.15) is 71.1 Å². The minimum atomic E-state index is -0.195. The molecule has 2 heterocycles. The fourth-order valence-corrected chi connectivity index (χ4v) is 4.37. The molecule has 2 aromatic rings. The van der Waals surface area contributed by atoms with Gasteiger partial charge in [-0.25, -0.2) is 0 Å². The lowest BCUT2D eigenvalue weighted by molar-refractivity contribution is 0.0748. The molecular formula is C23H28N2O3. The zero-order valence-electron chi connectivity index (χ0n) is 16.5. The lowest BCUT2D eigenvalue weighted by Crippen LogP contribution is -2.26. The van der Waals surface area contributed by atoms with Gasteiger partial charge in [-0.15, -0.1) is 0 Å².